The van der Waals surface area contributed by atoms with E-state index in [1.165, 1.54) is 23.0 Å². The number of halogens is 3. The number of non-ortho nitro benzene ring substituents is 1. The van der Waals surface area contributed by atoms with Crippen LogP contribution in [0.4, 0.5) is 18.9 Å². The van der Waals surface area contributed by atoms with E-state index in [0.29, 0.717) is 11.3 Å². The first-order valence-electron chi connectivity index (χ1n) is 8.13. The highest BCUT2D eigenvalue weighted by molar-refractivity contribution is 5.65. The molecule has 10 heteroatoms. The molecule has 0 radical (unpaired) electrons. The molecule has 4 rings (SSSR count). The molecule has 2 aromatic rings. The minimum atomic E-state index is -2.63. The van der Waals surface area contributed by atoms with Crippen LogP contribution in [0.5, 0.6) is 0 Å². The lowest BCUT2D eigenvalue weighted by atomic mass is 9.88. The van der Waals surface area contributed by atoms with Gasteiger partial charge in [0.2, 0.25) is 0 Å². The van der Waals surface area contributed by atoms with Gasteiger partial charge in [-0.3, -0.25) is 20.5 Å². The van der Waals surface area contributed by atoms with E-state index in [0.717, 1.165) is 6.07 Å². The van der Waals surface area contributed by atoms with Crippen LogP contribution >= 0.6 is 0 Å². The summed E-state index contributed by atoms with van der Waals surface area (Å²) in [4.78, 5) is 10.0. The van der Waals surface area contributed by atoms with E-state index < -0.39 is 16.7 Å². The number of hydrogen-bond acceptors (Lipinski definition) is 5. The van der Waals surface area contributed by atoms with Crippen molar-refractivity contribution in [1.82, 2.24) is 20.2 Å². The molecule has 1 aromatic heterocycles. The fourth-order valence-electron chi connectivity index (χ4n) is 3.03. The van der Waals surface area contributed by atoms with Crippen LogP contribution in [0.1, 0.15) is 18.4 Å². The Morgan fingerprint density at radius 3 is 2.78 bits per heavy atom. The number of nitro benzene ring substituents is 1. The second-order valence-corrected chi connectivity index (χ2v) is 6.43. The molecule has 0 amide bonds. The summed E-state index contributed by atoms with van der Waals surface area (Å²) in [5.41, 5.74) is 4.01. The van der Waals surface area contributed by atoms with Gasteiger partial charge in [-0.25, -0.2) is 17.9 Å². The Balaban J connectivity index is 1.52. The van der Waals surface area contributed by atoms with Crippen molar-refractivity contribution in [3.63, 3.8) is 0 Å². The largest absolute Gasteiger partial charge is 0.298 e. The zero-order valence-electron chi connectivity index (χ0n) is 13.8. The fraction of sp³-hybridized carbons (Fsp3) is 0.235. The fourth-order valence-corrected chi connectivity index (χ4v) is 3.03. The second-order valence-electron chi connectivity index (χ2n) is 6.43. The Hall–Kier alpha value is -3.30. The molecule has 7 nitrogen and oxygen atoms in total. The van der Waals surface area contributed by atoms with E-state index >= 15 is 0 Å². The second kappa shape index (κ2) is 6.15. The highest BCUT2D eigenvalue weighted by atomic mass is 19.3. The molecule has 0 saturated heterocycles. The number of nitrogens with one attached hydrogen (secondary N) is 1. The first kappa shape index (κ1) is 17.1. The van der Waals surface area contributed by atoms with Crippen molar-refractivity contribution < 1.29 is 18.1 Å². The lowest BCUT2D eigenvalue weighted by Crippen LogP contribution is -2.53. The average Bonchev–Trinajstić information content (AvgIpc) is 3.09. The van der Waals surface area contributed by atoms with E-state index in [4.69, 9.17) is 0 Å². The van der Waals surface area contributed by atoms with Crippen molar-refractivity contribution in [3.05, 3.63) is 70.4 Å². The molecule has 27 heavy (non-hydrogen) atoms. The summed E-state index contributed by atoms with van der Waals surface area (Å²) in [5, 5.41) is 16.4. The summed E-state index contributed by atoms with van der Waals surface area (Å²) in [5.74, 6) is -3.40. The standard InChI is InChI=1S/C17H14F3N5O2/c18-14-6-12(25(26)27)3-4-16(14)24-10-11(9-21-24)15-2-1-5-23(22-15)13-7-17(19,20)8-13/h1-6,9-10,13,22H,7-8H2. The van der Waals surface area contributed by atoms with Gasteiger partial charge in [0.05, 0.1) is 28.9 Å². The van der Waals surface area contributed by atoms with E-state index in [-0.39, 0.29) is 30.3 Å². The molecular weight excluding hydrogens is 363 g/mol. The predicted octanol–water partition coefficient (Wildman–Crippen LogP) is 3.39. The Kier molecular flexibility index (Phi) is 3.90. The van der Waals surface area contributed by atoms with Crippen LogP contribution in [0.15, 0.2) is 48.9 Å². The van der Waals surface area contributed by atoms with Crippen LogP contribution < -0.4 is 5.43 Å². The summed E-state index contributed by atoms with van der Waals surface area (Å²) in [6.45, 7) is 0. The van der Waals surface area contributed by atoms with Gasteiger partial charge in [0.15, 0.2) is 5.82 Å². The molecular formula is C17H14F3N5O2. The Morgan fingerprint density at radius 1 is 1.33 bits per heavy atom. The van der Waals surface area contributed by atoms with Crippen molar-refractivity contribution >= 4 is 11.4 Å². The third-order valence-corrected chi connectivity index (χ3v) is 4.50. The minimum Gasteiger partial charge on any atom is -0.298 e. The molecule has 1 aliphatic carbocycles. The van der Waals surface area contributed by atoms with Crippen molar-refractivity contribution in [2.45, 2.75) is 24.8 Å². The van der Waals surface area contributed by atoms with E-state index in [1.807, 2.05) is 0 Å². The summed E-state index contributed by atoms with van der Waals surface area (Å²) in [6.07, 6.45) is 7.77. The third kappa shape index (κ3) is 3.25. The molecule has 1 aromatic carbocycles. The zero-order valence-corrected chi connectivity index (χ0v) is 13.8. The highest BCUT2D eigenvalue weighted by Gasteiger charge is 2.48. The maximum Gasteiger partial charge on any atom is 0.272 e. The van der Waals surface area contributed by atoms with Gasteiger partial charge in [0, 0.05) is 36.9 Å². The first-order chi connectivity index (χ1) is 12.8. The number of allylic oxidation sites excluding steroid dienone is 2. The summed E-state index contributed by atoms with van der Waals surface area (Å²) in [7, 11) is 0. The Bertz CT molecular complexity index is 961. The number of hydrogen-bond donors (Lipinski definition) is 1. The number of alkyl halides is 2. The lowest BCUT2D eigenvalue weighted by Gasteiger charge is -2.43. The number of aromatic nitrogens is 2. The molecule has 0 atom stereocenters. The molecule has 0 unspecified atom stereocenters. The van der Waals surface area contributed by atoms with Crippen LogP contribution in [-0.4, -0.2) is 31.7 Å². The van der Waals surface area contributed by atoms with Crippen LogP contribution in [0, 0.1) is 15.9 Å². The molecule has 140 valence electrons. The lowest BCUT2D eigenvalue weighted by molar-refractivity contribution is -0.385. The number of rotatable bonds is 4. The van der Waals surface area contributed by atoms with E-state index in [9.17, 15) is 23.3 Å². The number of benzene rings is 1. The topological polar surface area (TPSA) is 76.2 Å². The van der Waals surface area contributed by atoms with Gasteiger partial charge in [0.25, 0.3) is 11.6 Å². The van der Waals surface area contributed by atoms with Gasteiger partial charge in [-0.2, -0.15) is 5.10 Å². The van der Waals surface area contributed by atoms with Gasteiger partial charge in [-0.15, -0.1) is 0 Å². The van der Waals surface area contributed by atoms with Crippen LogP contribution in [0.3, 0.4) is 0 Å². The van der Waals surface area contributed by atoms with Gasteiger partial charge in [0.1, 0.15) is 5.69 Å². The molecule has 1 fully saturated rings. The van der Waals surface area contributed by atoms with E-state index in [1.54, 1.807) is 29.6 Å². The van der Waals surface area contributed by atoms with E-state index in [2.05, 4.69) is 10.5 Å². The quantitative estimate of drug-likeness (QED) is 0.653. The maximum absolute atomic E-state index is 14.2. The highest BCUT2D eigenvalue weighted by Crippen LogP contribution is 2.40. The average molecular weight is 377 g/mol. The number of nitrogens with zero attached hydrogens (tertiary/aromatic N) is 4. The van der Waals surface area contributed by atoms with Crippen LogP contribution in [-0.2, 0) is 0 Å². The Labute approximate surface area is 151 Å². The zero-order chi connectivity index (χ0) is 19.2. The molecule has 2 heterocycles. The van der Waals surface area contributed by atoms with Crippen molar-refractivity contribution in [1.29, 1.82) is 0 Å². The summed E-state index contributed by atoms with van der Waals surface area (Å²) in [6, 6.07) is 2.99. The van der Waals surface area contributed by atoms with Gasteiger partial charge < -0.3 is 0 Å². The minimum absolute atomic E-state index is 0.0642. The van der Waals surface area contributed by atoms with Gasteiger partial charge in [-0.05, 0) is 18.2 Å². The molecule has 1 saturated carbocycles. The SMILES string of the molecule is O=[N+]([O-])c1ccc(-n2cc(C3=CC=CN(C4CC(F)(F)C4)N3)cn2)c(F)c1. The summed E-state index contributed by atoms with van der Waals surface area (Å²) >= 11 is 0. The first-order valence-corrected chi connectivity index (χ1v) is 8.13. The smallest absolute Gasteiger partial charge is 0.272 e. The normalized spacial score (nSPS) is 18.6. The molecule has 0 spiro atoms. The molecule has 1 N–H and O–H groups in total. The summed E-state index contributed by atoms with van der Waals surface area (Å²) < 4.78 is 41.6. The van der Waals surface area contributed by atoms with Crippen molar-refractivity contribution in [2.75, 3.05) is 0 Å². The number of nitro groups is 1. The monoisotopic (exact) mass is 377 g/mol. The van der Waals surface area contributed by atoms with Gasteiger partial charge in [-0.1, -0.05) is 0 Å². The van der Waals surface area contributed by atoms with Gasteiger partial charge >= 0.3 is 0 Å². The predicted molar refractivity (Wildman–Crippen MR) is 90.2 cm³/mol. The Morgan fingerprint density at radius 2 is 2.11 bits per heavy atom. The molecule has 1 aliphatic heterocycles. The molecule has 0 bridgehead atoms. The van der Waals surface area contributed by atoms with Crippen molar-refractivity contribution in [2.24, 2.45) is 0 Å². The van der Waals surface area contributed by atoms with Crippen LogP contribution in [0.2, 0.25) is 0 Å². The third-order valence-electron chi connectivity index (χ3n) is 4.50. The maximum atomic E-state index is 14.2. The van der Waals surface area contributed by atoms with Crippen molar-refractivity contribution in [3.8, 4) is 5.69 Å². The van der Waals surface area contributed by atoms with Crippen LogP contribution in [0.25, 0.3) is 11.4 Å². The number of hydrazine groups is 1. The molecule has 2 aliphatic rings.